The molecule has 5 heteroatoms. The molecular weight excluding hydrogens is 352 g/mol. The molecule has 28 heavy (non-hydrogen) atoms. The summed E-state index contributed by atoms with van der Waals surface area (Å²) in [6.45, 7) is 5.82. The monoisotopic (exact) mass is 382 g/mol. The third-order valence-electron chi connectivity index (χ3n) is 4.82. The average molecular weight is 383 g/mol. The van der Waals surface area contributed by atoms with E-state index in [0.29, 0.717) is 32.6 Å². The lowest BCUT2D eigenvalue weighted by atomic mass is 10.1. The predicted octanol–water partition coefficient (Wildman–Crippen LogP) is 3.53. The van der Waals surface area contributed by atoms with Crippen LogP contribution in [0.1, 0.15) is 31.4 Å². The van der Waals surface area contributed by atoms with Crippen molar-refractivity contribution in [2.24, 2.45) is 0 Å². The molecule has 0 aliphatic carbocycles. The fourth-order valence-corrected chi connectivity index (χ4v) is 3.05. The third kappa shape index (κ3) is 6.72. The molecule has 0 radical (unpaired) electrons. The second-order valence-corrected chi connectivity index (χ2v) is 6.75. The topological polar surface area (TPSA) is 49.9 Å². The first-order valence-corrected chi connectivity index (χ1v) is 9.73. The minimum atomic E-state index is -0.00702. The second kappa shape index (κ2) is 11.1. The van der Waals surface area contributed by atoms with Crippen LogP contribution < -0.4 is 4.74 Å². The van der Waals surface area contributed by atoms with Gasteiger partial charge in [0.2, 0.25) is 11.8 Å². The summed E-state index contributed by atoms with van der Waals surface area (Å²) in [6, 6.07) is 17.8. The van der Waals surface area contributed by atoms with Gasteiger partial charge in [-0.3, -0.25) is 9.59 Å². The number of carbonyl (C=O) groups excluding carboxylic acids is 2. The van der Waals surface area contributed by atoms with Gasteiger partial charge in [0, 0.05) is 39.5 Å². The molecule has 0 fully saturated rings. The van der Waals surface area contributed by atoms with Crippen molar-refractivity contribution in [3.8, 4) is 5.75 Å². The van der Waals surface area contributed by atoms with Crippen LogP contribution in [0.2, 0.25) is 0 Å². The Kier molecular flexibility index (Phi) is 8.53. The quantitative estimate of drug-likeness (QED) is 0.632. The van der Waals surface area contributed by atoms with Crippen LogP contribution in [0, 0.1) is 0 Å². The minimum absolute atomic E-state index is 0.00702. The van der Waals surface area contributed by atoms with Gasteiger partial charge in [-0.1, -0.05) is 42.5 Å². The van der Waals surface area contributed by atoms with Crippen LogP contribution in [0.5, 0.6) is 5.75 Å². The highest BCUT2D eigenvalue weighted by Crippen LogP contribution is 2.12. The standard InChI is InChI=1S/C23H30N2O3/c1-4-24(18-21-8-6-5-7-9-21)23(27)15-17-25(19(2)26)16-14-20-10-12-22(28-3)13-11-20/h5-13H,4,14-18H2,1-3H3. The first kappa shape index (κ1) is 21.5. The van der Waals surface area contributed by atoms with Crippen LogP contribution in [0.3, 0.4) is 0 Å². The summed E-state index contributed by atoms with van der Waals surface area (Å²) in [4.78, 5) is 28.2. The van der Waals surface area contributed by atoms with Crippen molar-refractivity contribution >= 4 is 11.8 Å². The normalized spacial score (nSPS) is 10.4. The van der Waals surface area contributed by atoms with Crippen LogP contribution in [-0.4, -0.2) is 48.4 Å². The molecule has 2 aromatic carbocycles. The number of carbonyl (C=O) groups is 2. The summed E-state index contributed by atoms with van der Waals surface area (Å²) in [5.74, 6) is 0.880. The number of amides is 2. The molecule has 0 N–H and O–H groups in total. The van der Waals surface area contributed by atoms with E-state index in [2.05, 4.69) is 0 Å². The Balaban J connectivity index is 1.86. The minimum Gasteiger partial charge on any atom is -0.497 e. The van der Waals surface area contributed by atoms with E-state index in [-0.39, 0.29) is 11.8 Å². The number of ether oxygens (including phenoxy) is 1. The van der Waals surface area contributed by atoms with E-state index < -0.39 is 0 Å². The summed E-state index contributed by atoms with van der Waals surface area (Å²) in [5.41, 5.74) is 2.25. The van der Waals surface area contributed by atoms with Gasteiger partial charge in [0.15, 0.2) is 0 Å². The maximum absolute atomic E-state index is 12.6. The number of rotatable bonds is 10. The molecule has 0 heterocycles. The zero-order chi connectivity index (χ0) is 20.4. The van der Waals surface area contributed by atoms with Gasteiger partial charge >= 0.3 is 0 Å². The number of benzene rings is 2. The van der Waals surface area contributed by atoms with Crippen LogP contribution in [0.4, 0.5) is 0 Å². The van der Waals surface area contributed by atoms with Crippen LogP contribution in [-0.2, 0) is 22.6 Å². The third-order valence-corrected chi connectivity index (χ3v) is 4.82. The lowest BCUT2D eigenvalue weighted by molar-refractivity contribution is -0.133. The molecule has 0 spiro atoms. The van der Waals surface area contributed by atoms with Crippen LogP contribution in [0.15, 0.2) is 54.6 Å². The molecule has 150 valence electrons. The van der Waals surface area contributed by atoms with E-state index in [1.54, 1.807) is 18.9 Å². The largest absolute Gasteiger partial charge is 0.497 e. The van der Waals surface area contributed by atoms with E-state index in [0.717, 1.165) is 23.3 Å². The summed E-state index contributed by atoms with van der Waals surface area (Å²) in [5, 5.41) is 0. The Bertz CT molecular complexity index is 744. The van der Waals surface area contributed by atoms with Crippen LogP contribution in [0.25, 0.3) is 0 Å². The highest BCUT2D eigenvalue weighted by atomic mass is 16.5. The zero-order valence-electron chi connectivity index (χ0n) is 17.1. The fraction of sp³-hybridized carbons (Fsp3) is 0.391. The first-order chi connectivity index (χ1) is 13.5. The smallest absolute Gasteiger partial charge is 0.224 e. The van der Waals surface area contributed by atoms with E-state index in [9.17, 15) is 9.59 Å². The van der Waals surface area contributed by atoms with Gasteiger partial charge in [-0.15, -0.1) is 0 Å². The van der Waals surface area contributed by atoms with Crippen molar-refractivity contribution in [1.82, 2.24) is 9.80 Å². The molecule has 0 unspecified atom stereocenters. The molecular formula is C23H30N2O3. The molecule has 5 nitrogen and oxygen atoms in total. The zero-order valence-corrected chi connectivity index (χ0v) is 17.1. The number of methoxy groups -OCH3 is 1. The summed E-state index contributed by atoms with van der Waals surface area (Å²) in [6.07, 6.45) is 1.09. The Hall–Kier alpha value is -2.82. The molecule has 2 aromatic rings. The van der Waals surface area contributed by atoms with Gasteiger partial charge in [0.05, 0.1) is 7.11 Å². The van der Waals surface area contributed by atoms with Crippen molar-refractivity contribution < 1.29 is 14.3 Å². The van der Waals surface area contributed by atoms with E-state index in [1.807, 2.05) is 66.4 Å². The molecule has 0 aliphatic rings. The molecule has 0 aromatic heterocycles. The summed E-state index contributed by atoms with van der Waals surface area (Å²) in [7, 11) is 1.64. The van der Waals surface area contributed by atoms with Gasteiger partial charge in [-0.2, -0.15) is 0 Å². The number of hydrogen-bond acceptors (Lipinski definition) is 3. The van der Waals surface area contributed by atoms with Crippen molar-refractivity contribution in [2.75, 3.05) is 26.7 Å². The first-order valence-electron chi connectivity index (χ1n) is 9.73. The lowest BCUT2D eigenvalue weighted by Crippen LogP contribution is -2.37. The summed E-state index contributed by atoms with van der Waals surface area (Å²) >= 11 is 0. The summed E-state index contributed by atoms with van der Waals surface area (Å²) < 4.78 is 5.17. The molecule has 0 aliphatic heterocycles. The molecule has 0 saturated carbocycles. The van der Waals surface area contributed by atoms with Gasteiger partial charge in [0.1, 0.15) is 5.75 Å². The Morgan fingerprint density at radius 2 is 1.57 bits per heavy atom. The van der Waals surface area contributed by atoms with Crippen LogP contribution >= 0.6 is 0 Å². The van der Waals surface area contributed by atoms with E-state index in [1.165, 1.54) is 0 Å². The maximum atomic E-state index is 12.6. The highest BCUT2D eigenvalue weighted by molar-refractivity contribution is 5.78. The van der Waals surface area contributed by atoms with Crippen molar-refractivity contribution in [2.45, 2.75) is 33.2 Å². The highest BCUT2D eigenvalue weighted by Gasteiger charge is 2.16. The van der Waals surface area contributed by atoms with E-state index in [4.69, 9.17) is 4.74 Å². The van der Waals surface area contributed by atoms with Gasteiger partial charge in [-0.05, 0) is 36.6 Å². The Morgan fingerprint density at radius 3 is 2.14 bits per heavy atom. The molecule has 0 atom stereocenters. The fourth-order valence-electron chi connectivity index (χ4n) is 3.05. The Labute approximate surface area is 167 Å². The lowest BCUT2D eigenvalue weighted by Gasteiger charge is -2.25. The molecule has 0 bridgehead atoms. The second-order valence-electron chi connectivity index (χ2n) is 6.75. The maximum Gasteiger partial charge on any atom is 0.224 e. The number of nitrogens with zero attached hydrogens (tertiary/aromatic N) is 2. The molecule has 2 rings (SSSR count). The molecule has 0 saturated heterocycles. The van der Waals surface area contributed by atoms with Crippen molar-refractivity contribution in [3.05, 3.63) is 65.7 Å². The number of hydrogen-bond donors (Lipinski definition) is 0. The van der Waals surface area contributed by atoms with Crippen molar-refractivity contribution in [3.63, 3.8) is 0 Å². The van der Waals surface area contributed by atoms with E-state index >= 15 is 0 Å². The average Bonchev–Trinajstić information content (AvgIpc) is 2.72. The van der Waals surface area contributed by atoms with Gasteiger partial charge < -0.3 is 14.5 Å². The SMILES string of the molecule is CCN(Cc1ccccc1)C(=O)CCN(CCc1ccc(OC)cc1)C(C)=O. The van der Waals surface area contributed by atoms with Crippen molar-refractivity contribution in [1.29, 1.82) is 0 Å². The molecule has 2 amide bonds. The van der Waals surface area contributed by atoms with Gasteiger partial charge in [-0.25, -0.2) is 0 Å². The van der Waals surface area contributed by atoms with Gasteiger partial charge in [0.25, 0.3) is 0 Å². The predicted molar refractivity (Wildman–Crippen MR) is 111 cm³/mol. The Morgan fingerprint density at radius 1 is 0.893 bits per heavy atom.